The van der Waals surface area contributed by atoms with Gasteiger partial charge in [-0.1, -0.05) is 54.6 Å². The maximum atomic E-state index is 10.4. The second-order valence-electron chi connectivity index (χ2n) is 7.30. The minimum absolute atomic E-state index is 0.00993. The van der Waals surface area contributed by atoms with E-state index in [9.17, 15) is 5.11 Å². The van der Waals surface area contributed by atoms with Crippen molar-refractivity contribution in [1.82, 2.24) is 4.90 Å². The molecule has 0 bridgehead atoms. The van der Waals surface area contributed by atoms with E-state index in [0.29, 0.717) is 13.0 Å². The van der Waals surface area contributed by atoms with Crippen molar-refractivity contribution in [3.63, 3.8) is 0 Å². The van der Waals surface area contributed by atoms with Crippen LogP contribution in [0, 0.1) is 0 Å². The number of rotatable bonds is 5. The van der Waals surface area contributed by atoms with Crippen molar-refractivity contribution < 1.29 is 9.84 Å². The van der Waals surface area contributed by atoms with Gasteiger partial charge in [-0.25, -0.2) is 0 Å². The van der Waals surface area contributed by atoms with Crippen molar-refractivity contribution in [2.45, 2.75) is 44.5 Å². The molecule has 3 nitrogen and oxygen atoms in total. The highest BCUT2D eigenvalue weighted by Crippen LogP contribution is 2.28. The Morgan fingerprint density at radius 2 is 1.58 bits per heavy atom. The van der Waals surface area contributed by atoms with Crippen LogP contribution in [-0.4, -0.2) is 35.3 Å². The molecule has 0 saturated carbocycles. The summed E-state index contributed by atoms with van der Waals surface area (Å²) in [7, 11) is 0. The number of nitrogens with zero attached hydrogens (tertiary/aromatic N) is 1. The zero-order valence-corrected chi connectivity index (χ0v) is 15.2. The molecule has 0 aromatic heterocycles. The van der Waals surface area contributed by atoms with Crippen LogP contribution in [0.3, 0.4) is 0 Å². The summed E-state index contributed by atoms with van der Waals surface area (Å²) in [4.78, 5) is 2.34. The third-order valence-corrected chi connectivity index (χ3v) is 5.40. The Hall–Kier alpha value is -2.10. The molecule has 1 heterocycles. The van der Waals surface area contributed by atoms with Crippen molar-refractivity contribution in [2.75, 3.05) is 13.1 Å². The molecule has 0 radical (unpaired) electrons. The smallest absolute Gasteiger partial charge is 0.0962 e. The zero-order chi connectivity index (χ0) is 17.8. The largest absolute Gasteiger partial charge is 0.387 e. The molecule has 3 heteroatoms. The molecule has 1 aliphatic carbocycles. The van der Waals surface area contributed by atoms with Crippen LogP contribution in [0.4, 0.5) is 0 Å². The highest BCUT2D eigenvalue weighted by Gasteiger charge is 2.29. The van der Waals surface area contributed by atoms with Gasteiger partial charge in [0.05, 0.1) is 18.8 Å². The van der Waals surface area contributed by atoms with Crippen molar-refractivity contribution in [3.8, 4) is 11.1 Å². The molecule has 2 aromatic rings. The van der Waals surface area contributed by atoms with E-state index in [1.165, 1.54) is 36.0 Å². The van der Waals surface area contributed by atoms with Crippen LogP contribution in [0.15, 0.2) is 66.4 Å². The Kier molecular flexibility index (Phi) is 5.37. The lowest BCUT2D eigenvalue weighted by Crippen LogP contribution is -2.32. The Bertz CT molecular complexity index is 733. The maximum Gasteiger partial charge on any atom is 0.0962 e. The molecular formula is C23H27NO2. The average Bonchev–Trinajstić information content (AvgIpc) is 3.09. The fourth-order valence-electron chi connectivity index (χ4n) is 3.92. The van der Waals surface area contributed by atoms with Gasteiger partial charge in [-0.05, 0) is 42.0 Å². The summed E-state index contributed by atoms with van der Waals surface area (Å²) >= 11 is 0. The predicted octanol–water partition coefficient (Wildman–Crippen LogP) is 4.37. The van der Waals surface area contributed by atoms with E-state index in [4.69, 9.17) is 4.74 Å². The molecule has 0 amide bonds. The monoisotopic (exact) mass is 349 g/mol. The van der Waals surface area contributed by atoms with Crippen LogP contribution in [-0.2, 0) is 11.3 Å². The number of benzene rings is 2. The van der Waals surface area contributed by atoms with Gasteiger partial charge in [-0.15, -0.1) is 0 Å². The van der Waals surface area contributed by atoms with Gasteiger partial charge in [0.15, 0.2) is 0 Å². The Morgan fingerprint density at radius 3 is 2.31 bits per heavy atom. The van der Waals surface area contributed by atoms with Crippen LogP contribution < -0.4 is 0 Å². The molecule has 136 valence electrons. The van der Waals surface area contributed by atoms with E-state index in [1.807, 2.05) is 6.07 Å². The van der Waals surface area contributed by atoms with Crippen LogP contribution in [0.5, 0.6) is 0 Å². The van der Waals surface area contributed by atoms with Crippen molar-refractivity contribution in [3.05, 3.63) is 71.9 Å². The summed E-state index contributed by atoms with van der Waals surface area (Å²) in [6.45, 7) is 2.71. The number of hydrogen-bond donors (Lipinski definition) is 1. The summed E-state index contributed by atoms with van der Waals surface area (Å²) in [5, 5.41) is 10.4. The first-order valence-electron chi connectivity index (χ1n) is 9.70. The molecule has 26 heavy (non-hydrogen) atoms. The van der Waals surface area contributed by atoms with Gasteiger partial charge in [0.1, 0.15) is 0 Å². The lowest BCUT2D eigenvalue weighted by Gasteiger charge is -2.31. The Labute approximate surface area is 155 Å². The normalized spacial score (nSPS) is 23.1. The summed E-state index contributed by atoms with van der Waals surface area (Å²) in [6, 6.07) is 18.9. The molecule has 1 N–H and O–H groups in total. The van der Waals surface area contributed by atoms with Gasteiger partial charge < -0.3 is 14.7 Å². The quantitative estimate of drug-likeness (QED) is 0.870. The third kappa shape index (κ3) is 4.00. The molecule has 4 rings (SSSR count). The van der Waals surface area contributed by atoms with E-state index in [0.717, 1.165) is 18.8 Å². The van der Waals surface area contributed by atoms with Crippen LogP contribution in [0.2, 0.25) is 0 Å². The summed E-state index contributed by atoms with van der Waals surface area (Å²) in [5.74, 6) is 0. The Balaban J connectivity index is 1.35. The number of aliphatic hydroxyl groups is 1. The topological polar surface area (TPSA) is 32.7 Å². The number of ether oxygens (including phenoxy) is 1. The number of hydrogen-bond acceptors (Lipinski definition) is 3. The minimum atomic E-state index is -0.376. The first-order chi connectivity index (χ1) is 12.8. The highest BCUT2D eigenvalue weighted by molar-refractivity contribution is 5.63. The second-order valence-corrected chi connectivity index (χ2v) is 7.30. The Morgan fingerprint density at radius 1 is 0.885 bits per heavy atom. The van der Waals surface area contributed by atoms with Crippen LogP contribution in [0.25, 0.3) is 11.1 Å². The van der Waals surface area contributed by atoms with Gasteiger partial charge in [0.25, 0.3) is 0 Å². The zero-order valence-electron chi connectivity index (χ0n) is 15.2. The van der Waals surface area contributed by atoms with E-state index in [-0.39, 0.29) is 12.2 Å². The molecule has 2 aliphatic rings. The molecular weight excluding hydrogens is 322 g/mol. The number of piperidine rings is 1. The second kappa shape index (κ2) is 8.07. The van der Waals surface area contributed by atoms with Gasteiger partial charge in [-0.3, -0.25) is 0 Å². The molecule has 1 fully saturated rings. The fraction of sp³-hybridized carbons (Fsp3) is 0.391. The standard InChI is InChI=1S/C23H27NO2/c25-23-16-21(15-22(23)24-13-5-2-6-14-24)26-17-18-9-11-20(12-10-18)19-7-3-1-4-8-19/h1,3-4,7-12,15,21,23,25H,2,5-6,13-14,16-17H2/t21-,23-/m0/s1. The molecule has 0 unspecified atom stereocenters. The van der Waals surface area contributed by atoms with Gasteiger partial charge in [-0.2, -0.15) is 0 Å². The molecule has 2 atom stereocenters. The van der Waals surface area contributed by atoms with Gasteiger partial charge in [0.2, 0.25) is 0 Å². The van der Waals surface area contributed by atoms with E-state index < -0.39 is 0 Å². The lowest BCUT2D eigenvalue weighted by atomic mass is 10.0. The predicted molar refractivity (Wildman–Crippen MR) is 105 cm³/mol. The summed E-state index contributed by atoms with van der Waals surface area (Å²) < 4.78 is 6.06. The van der Waals surface area contributed by atoms with E-state index in [2.05, 4.69) is 59.5 Å². The van der Waals surface area contributed by atoms with Gasteiger partial charge in [0, 0.05) is 25.2 Å². The number of aliphatic hydroxyl groups excluding tert-OH is 1. The molecule has 1 saturated heterocycles. The van der Waals surface area contributed by atoms with E-state index in [1.54, 1.807) is 0 Å². The molecule has 2 aromatic carbocycles. The first kappa shape index (κ1) is 17.3. The van der Waals surface area contributed by atoms with Gasteiger partial charge >= 0.3 is 0 Å². The SMILES string of the molecule is O[C@H]1C[C@@H](OCc2ccc(-c3ccccc3)cc2)C=C1N1CCCCC1. The average molecular weight is 349 g/mol. The third-order valence-electron chi connectivity index (χ3n) is 5.40. The summed E-state index contributed by atoms with van der Waals surface area (Å²) in [6.07, 6.45) is 6.20. The number of likely N-dealkylation sites (tertiary alicyclic amines) is 1. The first-order valence-corrected chi connectivity index (χ1v) is 9.70. The summed E-state index contributed by atoms with van der Waals surface area (Å²) in [5.41, 5.74) is 4.69. The van der Waals surface area contributed by atoms with Crippen LogP contribution in [0.1, 0.15) is 31.2 Å². The van der Waals surface area contributed by atoms with Crippen LogP contribution >= 0.6 is 0 Å². The lowest BCUT2D eigenvalue weighted by molar-refractivity contribution is 0.0495. The van der Waals surface area contributed by atoms with Crippen molar-refractivity contribution >= 4 is 0 Å². The molecule has 1 aliphatic heterocycles. The minimum Gasteiger partial charge on any atom is -0.387 e. The van der Waals surface area contributed by atoms with Crippen molar-refractivity contribution in [1.29, 1.82) is 0 Å². The molecule has 0 spiro atoms. The van der Waals surface area contributed by atoms with Crippen molar-refractivity contribution in [2.24, 2.45) is 0 Å². The highest BCUT2D eigenvalue weighted by atomic mass is 16.5. The fourth-order valence-corrected chi connectivity index (χ4v) is 3.92. The maximum absolute atomic E-state index is 10.4. The van der Waals surface area contributed by atoms with E-state index >= 15 is 0 Å².